The highest BCUT2D eigenvalue weighted by Crippen LogP contribution is 2.47. The molecule has 1 amide bonds. The molecule has 0 radical (unpaired) electrons. The van der Waals surface area contributed by atoms with Gasteiger partial charge in [-0.25, -0.2) is 4.79 Å². The van der Waals surface area contributed by atoms with E-state index in [1.54, 1.807) is 37.3 Å². The molecule has 1 N–H and O–H groups in total. The van der Waals surface area contributed by atoms with Gasteiger partial charge < -0.3 is 14.8 Å². The average molecular weight is 291 g/mol. The summed E-state index contributed by atoms with van der Waals surface area (Å²) < 4.78 is 9.88. The number of nitrogens with one attached hydrogen (secondary N) is 1. The number of rotatable bonds is 6. The highest BCUT2D eigenvalue weighted by molar-refractivity contribution is 6.08. The number of hydrogen-bond acceptors (Lipinski definition) is 5. The molecule has 1 aromatic rings. The third kappa shape index (κ3) is 3.59. The maximum atomic E-state index is 12.0. The summed E-state index contributed by atoms with van der Waals surface area (Å²) >= 11 is 0. The summed E-state index contributed by atoms with van der Waals surface area (Å²) in [6.45, 7) is 1.68. The van der Waals surface area contributed by atoms with Crippen LogP contribution in [0.1, 0.15) is 19.8 Å². The lowest BCUT2D eigenvalue weighted by atomic mass is 10.0. The van der Waals surface area contributed by atoms with E-state index >= 15 is 0 Å². The molecule has 6 nitrogen and oxygen atoms in total. The molecule has 1 aliphatic rings. The summed E-state index contributed by atoms with van der Waals surface area (Å²) in [6.07, 6.45) is 0.217. The van der Waals surface area contributed by atoms with Gasteiger partial charge in [0.2, 0.25) is 0 Å². The molecule has 0 saturated heterocycles. The Morgan fingerprint density at radius 1 is 1.19 bits per heavy atom. The molecule has 0 aliphatic heterocycles. The molecule has 1 aliphatic carbocycles. The van der Waals surface area contributed by atoms with Crippen molar-refractivity contribution in [3.63, 3.8) is 0 Å². The lowest BCUT2D eigenvalue weighted by Gasteiger charge is -2.13. The van der Waals surface area contributed by atoms with Crippen molar-refractivity contribution in [1.29, 1.82) is 0 Å². The molecule has 0 unspecified atom stereocenters. The molecule has 1 aromatic carbocycles. The van der Waals surface area contributed by atoms with Gasteiger partial charge in [-0.2, -0.15) is 0 Å². The van der Waals surface area contributed by atoms with Crippen molar-refractivity contribution in [3.05, 3.63) is 30.3 Å². The van der Waals surface area contributed by atoms with Gasteiger partial charge in [0.1, 0.15) is 11.2 Å². The third-order valence-corrected chi connectivity index (χ3v) is 3.30. The van der Waals surface area contributed by atoms with E-state index in [0.717, 1.165) is 0 Å². The fraction of sp³-hybridized carbons (Fsp3) is 0.400. The summed E-state index contributed by atoms with van der Waals surface area (Å²) in [5, 5.41) is 2.36. The number of ether oxygens (including phenoxy) is 2. The lowest BCUT2D eigenvalue weighted by Crippen LogP contribution is -2.38. The second-order valence-electron chi connectivity index (χ2n) is 4.78. The van der Waals surface area contributed by atoms with E-state index in [0.29, 0.717) is 18.6 Å². The van der Waals surface area contributed by atoms with Crippen molar-refractivity contribution in [2.24, 2.45) is 5.41 Å². The zero-order chi connectivity index (χ0) is 15.3. The highest BCUT2D eigenvalue weighted by atomic mass is 16.6. The maximum Gasteiger partial charge on any atom is 0.412 e. The Balaban J connectivity index is 1.81. The zero-order valence-corrected chi connectivity index (χ0v) is 11.8. The maximum absolute atomic E-state index is 12.0. The lowest BCUT2D eigenvalue weighted by molar-refractivity contribution is -0.153. The van der Waals surface area contributed by atoms with Gasteiger partial charge in [-0.3, -0.25) is 9.59 Å². The number of benzene rings is 1. The summed E-state index contributed by atoms with van der Waals surface area (Å²) in [5.41, 5.74) is -1.06. The van der Waals surface area contributed by atoms with Crippen LogP contribution in [0.15, 0.2) is 30.3 Å². The van der Waals surface area contributed by atoms with Crippen molar-refractivity contribution in [3.8, 4) is 5.75 Å². The molecule has 1 fully saturated rings. The molecule has 21 heavy (non-hydrogen) atoms. The van der Waals surface area contributed by atoms with Gasteiger partial charge in [-0.15, -0.1) is 0 Å². The first-order chi connectivity index (χ1) is 10.1. The van der Waals surface area contributed by atoms with Gasteiger partial charge in [-0.1, -0.05) is 18.2 Å². The Morgan fingerprint density at radius 3 is 2.43 bits per heavy atom. The van der Waals surface area contributed by atoms with Crippen LogP contribution in [-0.2, 0) is 14.3 Å². The van der Waals surface area contributed by atoms with Crippen LogP contribution in [0.3, 0.4) is 0 Å². The van der Waals surface area contributed by atoms with Crippen LogP contribution in [0.25, 0.3) is 0 Å². The second kappa shape index (κ2) is 6.39. The summed E-state index contributed by atoms with van der Waals surface area (Å²) in [4.78, 5) is 35.3. The van der Waals surface area contributed by atoms with Crippen LogP contribution >= 0.6 is 0 Å². The smallest absolute Gasteiger partial charge is 0.412 e. The van der Waals surface area contributed by atoms with Crippen LogP contribution in [0.4, 0.5) is 4.79 Å². The van der Waals surface area contributed by atoms with E-state index in [2.05, 4.69) is 5.32 Å². The number of Topliss-reactive ketones (excluding diaryl/α,β-unsaturated/α-hetero) is 1. The fourth-order valence-corrected chi connectivity index (χ4v) is 1.94. The topological polar surface area (TPSA) is 81.7 Å². The Kier molecular flexibility index (Phi) is 4.57. The van der Waals surface area contributed by atoms with Gasteiger partial charge >= 0.3 is 12.1 Å². The van der Waals surface area contributed by atoms with E-state index in [-0.39, 0.29) is 18.9 Å². The number of esters is 1. The Morgan fingerprint density at radius 2 is 1.86 bits per heavy atom. The normalized spacial score (nSPS) is 14.9. The molecule has 0 heterocycles. The number of amides is 1. The molecule has 0 atom stereocenters. The van der Waals surface area contributed by atoms with Crippen molar-refractivity contribution in [2.75, 3.05) is 13.2 Å². The molecular formula is C15H17NO5. The molecule has 1 saturated carbocycles. The van der Waals surface area contributed by atoms with E-state index in [1.807, 2.05) is 0 Å². The zero-order valence-electron chi connectivity index (χ0n) is 11.8. The standard InChI is InChI=1S/C15H17NO5/c1-2-20-13(18)15(8-9-15)12(17)10-16-14(19)21-11-6-4-3-5-7-11/h3-7H,2,8-10H2,1H3,(H,16,19). The van der Waals surface area contributed by atoms with E-state index in [1.165, 1.54) is 0 Å². The molecule has 112 valence electrons. The minimum absolute atomic E-state index is 0.233. The highest BCUT2D eigenvalue weighted by Gasteiger charge is 2.57. The van der Waals surface area contributed by atoms with Gasteiger partial charge in [0.05, 0.1) is 13.2 Å². The predicted octanol–water partition coefficient (Wildman–Crippen LogP) is 1.69. The summed E-state index contributed by atoms with van der Waals surface area (Å²) in [7, 11) is 0. The Hall–Kier alpha value is -2.37. The first-order valence-corrected chi connectivity index (χ1v) is 6.80. The number of ketones is 1. The van der Waals surface area contributed by atoms with Crippen molar-refractivity contribution < 1.29 is 23.9 Å². The summed E-state index contributed by atoms with van der Waals surface area (Å²) in [6, 6.07) is 8.51. The molecule has 0 bridgehead atoms. The van der Waals surface area contributed by atoms with Crippen molar-refractivity contribution in [2.45, 2.75) is 19.8 Å². The minimum atomic E-state index is -1.06. The van der Waals surface area contributed by atoms with Crippen molar-refractivity contribution >= 4 is 17.8 Å². The molecular weight excluding hydrogens is 274 g/mol. The van der Waals surface area contributed by atoms with E-state index < -0.39 is 17.5 Å². The van der Waals surface area contributed by atoms with Crippen molar-refractivity contribution in [1.82, 2.24) is 5.32 Å². The Labute approximate surface area is 122 Å². The van der Waals surface area contributed by atoms with Crippen LogP contribution in [0, 0.1) is 5.41 Å². The van der Waals surface area contributed by atoms with E-state index in [4.69, 9.17) is 9.47 Å². The van der Waals surface area contributed by atoms with Crippen LogP contribution in [0.2, 0.25) is 0 Å². The fourth-order valence-electron chi connectivity index (χ4n) is 1.94. The first kappa shape index (κ1) is 15.0. The third-order valence-electron chi connectivity index (χ3n) is 3.30. The molecule has 2 rings (SSSR count). The molecule has 0 spiro atoms. The van der Waals surface area contributed by atoms with Crippen LogP contribution in [0.5, 0.6) is 5.75 Å². The molecule has 0 aromatic heterocycles. The second-order valence-corrected chi connectivity index (χ2v) is 4.78. The van der Waals surface area contributed by atoms with Gasteiger partial charge in [0, 0.05) is 0 Å². The minimum Gasteiger partial charge on any atom is -0.465 e. The number of carbonyl (C=O) groups excluding carboxylic acids is 3. The predicted molar refractivity (Wildman–Crippen MR) is 73.8 cm³/mol. The number of hydrogen-bond donors (Lipinski definition) is 1. The largest absolute Gasteiger partial charge is 0.465 e. The number of carbonyl (C=O) groups is 3. The van der Waals surface area contributed by atoms with Crippen LogP contribution < -0.4 is 10.1 Å². The van der Waals surface area contributed by atoms with Gasteiger partial charge in [0.25, 0.3) is 0 Å². The quantitative estimate of drug-likeness (QED) is 0.637. The van der Waals surface area contributed by atoms with Crippen LogP contribution in [-0.4, -0.2) is 31.0 Å². The number of para-hydroxylation sites is 1. The Bertz CT molecular complexity index is 536. The first-order valence-electron chi connectivity index (χ1n) is 6.80. The summed E-state index contributed by atoms with van der Waals surface area (Å²) in [5.74, 6) is -0.465. The molecule has 6 heteroatoms. The SMILES string of the molecule is CCOC(=O)C1(C(=O)CNC(=O)Oc2ccccc2)CC1. The van der Waals surface area contributed by atoms with E-state index in [9.17, 15) is 14.4 Å². The average Bonchev–Trinajstić information content (AvgIpc) is 3.28. The van der Waals surface area contributed by atoms with Gasteiger partial charge in [0.15, 0.2) is 5.78 Å². The monoisotopic (exact) mass is 291 g/mol. The van der Waals surface area contributed by atoms with Gasteiger partial charge in [-0.05, 0) is 31.9 Å².